The second kappa shape index (κ2) is 6.70. The highest BCUT2D eigenvalue weighted by Gasteiger charge is 2.25. The maximum Gasteiger partial charge on any atom is 0.0860 e. The van der Waals surface area contributed by atoms with Gasteiger partial charge in [-0.1, -0.05) is 11.6 Å². The molecule has 1 aliphatic rings. The Morgan fingerprint density at radius 2 is 2.32 bits per heavy atom. The zero-order valence-corrected chi connectivity index (χ0v) is 12.7. The number of aryl methyl sites for hydroxylation is 2. The van der Waals surface area contributed by atoms with Crippen molar-refractivity contribution in [2.45, 2.75) is 33.0 Å². The second-order valence-electron chi connectivity index (χ2n) is 4.92. The molecule has 1 aromatic rings. The van der Waals surface area contributed by atoms with Crippen molar-refractivity contribution in [2.75, 3.05) is 33.4 Å². The molecule has 0 saturated carbocycles. The molecule has 1 aromatic heterocycles. The lowest BCUT2D eigenvalue weighted by Gasteiger charge is -2.35. The molecule has 2 heterocycles. The van der Waals surface area contributed by atoms with Crippen molar-refractivity contribution in [3.8, 4) is 0 Å². The number of likely N-dealkylation sites (N-methyl/N-ethyl adjacent to an activating group) is 1. The molecule has 19 heavy (non-hydrogen) atoms. The van der Waals surface area contributed by atoms with Crippen LogP contribution in [0.3, 0.4) is 0 Å². The number of morpholine rings is 1. The summed E-state index contributed by atoms with van der Waals surface area (Å²) in [4.78, 5) is 2.43. The largest absolute Gasteiger partial charge is 0.378 e. The molecule has 2 rings (SSSR count). The molecule has 0 aliphatic carbocycles. The normalized spacial score (nSPS) is 20.9. The highest BCUT2D eigenvalue weighted by Crippen LogP contribution is 2.23. The summed E-state index contributed by atoms with van der Waals surface area (Å²) in [5.74, 6) is 0. The van der Waals surface area contributed by atoms with Crippen molar-refractivity contribution in [1.82, 2.24) is 20.0 Å². The summed E-state index contributed by atoms with van der Waals surface area (Å²) in [6, 6.07) is 0.398. The topological polar surface area (TPSA) is 42.3 Å². The fourth-order valence-corrected chi connectivity index (χ4v) is 2.73. The van der Waals surface area contributed by atoms with Gasteiger partial charge in [-0.2, -0.15) is 5.10 Å². The predicted octanol–water partition coefficient (Wildman–Crippen LogP) is 1.29. The molecule has 1 saturated heterocycles. The van der Waals surface area contributed by atoms with Crippen LogP contribution in [-0.2, 0) is 17.8 Å². The number of halogens is 1. The van der Waals surface area contributed by atoms with E-state index in [9.17, 15) is 0 Å². The smallest absolute Gasteiger partial charge is 0.0860 e. The average Bonchev–Trinajstić information content (AvgIpc) is 2.69. The van der Waals surface area contributed by atoms with E-state index in [0.29, 0.717) is 6.04 Å². The molecular weight excluding hydrogens is 264 g/mol. The summed E-state index contributed by atoms with van der Waals surface area (Å²) < 4.78 is 7.56. The molecule has 0 aromatic carbocycles. The van der Waals surface area contributed by atoms with E-state index in [1.807, 2.05) is 18.7 Å². The Labute approximate surface area is 119 Å². The molecule has 108 valence electrons. The van der Waals surface area contributed by atoms with Gasteiger partial charge in [-0.3, -0.25) is 9.58 Å². The van der Waals surface area contributed by atoms with Crippen LogP contribution in [0.2, 0.25) is 5.02 Å². The van der Waals surface area contributed by atoms with Crippen molar-refractivity contribution < 1.29 is 4.74 Å². The molecule has 0 radical (unpaired) electrons. The number of rotatable bonds is 5. The molecule has 1 atom stereocenters. The molecule has 1 unspecified atom stereocenters. The van der Waals surface area contributed by atoms with Gasteiger partial charge < -0.3 is 10.1 Å². The first-order valence-corrected chi connectivity index (χ1v) is 7.23. The van der Waals surface area contributed by atoms with Crippen LogP contribution in [0.25, 0.3) is 0 Å². The Kier molecular flexibility index (Phi) is 5.21. The summed E-state index contributed by atoms with van der Waals surface area (Å²) in [5.41, 5.74) is 2.03. The molecule has 1 fully saturated rings. The van der Waals surface area contributed by atoms with Gasteiger partial charge in [0.15, 0.2) is 0 Å². The first-order chi connectivity index (χ1) is 9.17. The highest BCUT2D eigenvalue weighted by atomic mass is 35.5. The second-order valence-corrected chi connectivity index (χ2v) is 5.30. The van der Waals surface area contributed by atoms with E-state index in [-0.39, 0.29) is 0 Å². The van der Waals surface area contributed by atoms with Gasteiger partial charge in [-0.15, -0.1) is 0 Å². The summed E-state index contributed by atoms with van der Waals surface area (Å²) in [7, 11) is 1.97. The van der Waals surface area contributed by atoms with Gasteiger partial charge in [0.2, 0.25) is 0 Å². The predicted molar refractivity (Wildman–Crippen MR) is 76.6 cm³/mol. The molecule has 0 bridgehead atoms. The van der Waals surface area contributed by atoms with Crippen molar-refractivity contribution in [1.29, 1.82) is 0 Å². The van der Waals surface area contributed by atoms with E-state index in [4.69, 9.17) is 16.3 Å². The van der Waals surface area contributed by atoms with Gasteiger partial charge in [0.1, 0.15) is 0 Å². The Hall–Kier alpha value is -0.620. The van der Waals surface area contributed by atoms with Crippen LogP contribution in [-0.4, -0.2) is 54.1 Å². The van der Waals surface area contributed by atoms with Crippen LogP contribution < -0.4 is 5.32 Å². The lowest BCUT2D eigenvalue weighted by Crippen LogP contribution is -2.49. The van der Waals surface area contributed by atoms with E-state index in [1.165, 1.54) is 0 Å². The van der Waals surface area contributed by atoms with E-state index in [0.717, 1.165) is 55.8 Å². The lowest BCUT2D eigenvalue weighted by molar-refractivity contribution is -0.0114. The van der Waals surface area contributed by atoms with Crippen LogP contribution >= 0.6 is 11.6 Å². The summed E-state index contributed by atoms with van der Waals surface area (Å²) in [6.07, 6.45) is 0. The van der Waals surface area contributed by atoms with Crippen LogP contribution in [0.1, 0.15) is 18.3 Å². The number of aromatic nitrogens is 2. The molecule has 0 spiro atoms. The number of nitrogens with zero attached hydrogens (tertiary/aromatic N) is 3. The summed E-state index contributed by atoms with van der Waals surface area (Å²) in [5, 5.41) is 8.50. The fourth-order valence-electron chi connectivity index (χ4n) is 2.53. The zero-order chi connectivity index (χ0) is 13.8. The average molecular weight is 287 g/mol. The summed E-state index contributed by atoms with van der Waals surface area (Å²) >= 11 is 6.38. The third kappa shape index (κ3) is 3.28. The van der Waals surface area contributed by atoms with Crippen molar-refractivity contribution in [2.24, 2.45) is 0 Å². The minimum atomic E-state index is 0.398. The van der Waals surface area contributed by atoms with Crippen molar-refractivity contribution in [3.63, 3.8) is 0 Å². The molecular formula is C13H23ClN4O. The Morgan fingerprint density at radius 3 is 3.00 bits per heavy atom. The molecule has 5 nitrogen and oxygen atoms in total. The van der Waals surface area contributed by atoms with Crippen LogP contribution in [0, 0.1) is 6.92 Å². The first kappa shape index (κ1) is 14.8. The Balaban J connectivity index is 2.14. The first-order valence-electron chi connectivity index (χ1n) is 6.85. The quantitative estimate of drug-likeness (QED) is 0.886. The number of ether oxygens (including phenoxy) is 1. The van der Waals surface area contributed by atoms with Crippen molar-refractivity contribution >= 4 is 11.6 Å². The maximum atomic E-state index is 6.38. The van der Waals surface area contributed by atoms with Gasteiger partial charge in [0.25, 0.3) is 0 Å². The van der Waals surface area contributed by atoms with Crippen molar-refractivity contribution in [3.05, 3.63) is 16.4 Å². The van der Waals surface area contributed by atoms with Crippen LogP contribution in [0.15, 0.2) is 0 Å². The zero-order valence-electron chi connectivity index (χ0n) is 11.9. The fraction of sp³-hybridized carbons (Fsp3) is 0.769. The number of nitrogens with one attached hydrogen (secondary N) is 1. The lowest BCUT2D eigenvalue weighted by atomic mass is 10.2. The van der Waals surface area contributed by atoms with Gasteiger partial charge in [0, 0.05) is 32.2 Å². The Bertz CT molecular complexity index is 419. The number of hydrogen-bond acceptors (Lipinski definition) is 4. The van der Waals surface area contributed by atoms with E-state index in [2.05, 4.69) is 22.2 Å². The highest BCUT2D eigenvalue weighted by molar-refractivity contribution is 6.31. The molecule has 6 heteroatoms. The molecule has 1 aliphatic heterocycles. The van der Waals surface area contributed by atoms with E-state index >= 15 is 0 Å². The third-order valence-electron chi connectivity index (χ3n) is 3.59. The van der Waals surface area contributed by atoms with E-state index < -0.39 is 0 Å². The summed E-state index contributed by atoms with van der Waals surface area (Å²) in [6.45, 7) is 9.18. The SMILES string of the molecule is CCn1nc(C)c(Cl)c1CN1CCOCC1CNC. The van der Waals surface area contributed by atoms with Crippen LogP contribution in [0.4, 0.5) is 0 Å². The minimum Gasteiger partial charge on any atom is -0.378 e. The standard InChI is InChI=1S/C13H23ClN4O/c1-4-18-12(13(14)10(2)16-18)8-17-5-6-19-9-11(17)7-15-3/h11,15H,4-9H2,1-3H3. The van der Waals surface area contributed by atoms with Crippen LogP contribution in [0.5, 0.6) is 0 Å². The third-order valence-corrected chi connectivity index (χ3v) is 4.09. The Morgan fingerprint density at radius 1 is 1.53 bits per heavy atom. The maximum absolute atomic E-state index is 6.38. The molecule has 1 N–H and O–H groups in total. The van der Waals surface area contributed by atoms with Gasteiger partial charge in [-0.25, -0.2) is 0 Å². The van der Waals surface area contributed by atoms with Gasteiger partial charge in [0.05, 0.1) is 29.6 Å². The van der Waals surface area contributed by atoms with E-state index in [1.54, 1.807) is 0 Å². The monoisotopic (exact) mass is 286 g/mol. The van der Waals surface area contributed by atoms with Gasteiger partial charge in [-0.05, 0) is 20.9 Å². The van der Waals surface area contributed by atoms with Gasteiger partial charge >= 0.3 is 0 Å². The minimum absolute atomic E-state index is 0.398. The number of hydrogen-bond donors (Lipinski definition) is 1. The molecule has 0 amide bonds.